The Hall–Kier alpha value is -1.84. The lowest BCUT2D eigenvalue weighted by atomic mass is 9.87. The summed E-state index contributed by atoms with van der Waals surface area (Å²) in [6.45, 7) is 4.73. The van der Waals surface area contributed by atoms with Gasteiger partial charge >= 0.3 is 0 Å². The van der Waals surface area contributed by atoms with Crippen LogP contribution in [-0.4, -0.2) is 33.4 Å². The Morgan fingerprint density at radius 3 is 2.72 bits per heavy atom. The van der Waals surface area contributed by atoms with Crippen molar-refractivity contribution in [3.8, 4) is 0 Å². The van der Waals surface area contributed by atoms with Gasteiger partial charge in [0.05, 0.1) is 11.0 Å². The molecule has 1 aliphatic heterocycles. The molecular formula is C21H29N3O. The number of amides is 1. The molecule has 2 aliphatic rings. The van der Waals surface area contributed by atoms with Crippen molar-refractivity contribution in [3.05, 3.63) is 30.1 Å². The molecule has 1 amide bonds. The Morgan fingerprint density at radius 1 is 1.16 bits per heavy atom. The predicted molar refractivity (Wildman–Crippen MR) is 101 cm³/mol. The van der Waals surface area contributed by atoms with Gasteiger partial charge in [-0.25, -0.2) is 4.98 Å². The number of hydrogen-bond donors (Lipinski definition) is 0. The summed E-state index contributed by atoms with van der Waals surface area (Å²) >= 11 is 0. The standard InChI is InChI=1S/C21H29N3O/c1-2-23-15-17(14-20(23)25)21-22-18-10-6-7-11-19(18)24(21)13-12-16-8-4-3-5-9-16/h6-7,10-11,16-17H,2-5,8-9,12-15H2,1H3/t17-/m0/s1. The van der Waals surface area contributed by atoms with Gasteiger partial charge in [-0.05, 0) is 31.4 Å². The number of para-hydroxylation sites is 2. The highest BCUT2D eigenvalue weighted by Gasteiger charge is 2.33. The maximum absolute atomic E-state index is 12.2. The van der Waals surface area contributed by atoms with Crippen LogP contribution in [0.5, 0.6) is 0 Å². The minimum atomic E-state index is 0.242. The lowest BCUT2D eigenvalue weighted by Crippen LogP contribution is -2.24. The Bertz CT molecular complexity index is 745. The van der Waals surface area contributed by atoms with Crippen LogP contribution in [-0.2, 0) is 11.3 Å². The molecule has 1 aromatic carbocycles. The SMILES string of the molecule is CCN1C[C@@H](c2nc3ccccc3n2CCC2CCCCC2)CC1=O. The first-order valence-electron chi connectivity index (χ1n) is 9.99. The van der Waals surface area contributed by atoms with Gasteiger partial charge in [0.25, 0.3) is 0 Å². The highest BCUT2D eigenvalue weighted by atomic mass is 16.2. The molecule has 2 aromatic rings. The zero-order valence-corrected chi connectivity index (χ0v) is 15.3. The number of hydrogen-bond acceptors (Lipinski definition) is 2. The fourth-order valence-corrected chi connectivity index (χ4v) is 4.68. The Balaban J connectivity index is 1.60. The molecule has 2 fully saturated rings. The van der Waals surface area contributed by atoms with Crippen molar-refractivity contribution >= 4 is 16.9 Å². The first-order chi connectivity index (χ1) is 12.3. The third-order valence-electron chi connectivity index (χ3n) is 6.13. The van der Waals surface area contributed by atoms with E-state index in [1.54, 1.807) is 0 Å². The highest BCUT2D eigenvalue weighted by Crippen LogP contribution is 2.32. The van der Waals surface area contributed by atoms with Crippen molar-refractivity contribution in [1.82, 2.24) is 14.5 Å². The van der Waals surface area contributed by atoms with Crippen LogP contribution in [0.1, 0.15) is 63.6 Å². The van der Waals surface area contributed by atoms with Crippen LogP contribution < -0.4 is 0 Å². The molecule has 4 heteroatoms. The number of aromatic nitrogens is 2. The molecule has 0 bridgehead atoms. The molecule has 1 atom stereocenters. The zero-order valence-electron chi connectivity index (χ0n) is 15.3. The maximum Gasteiger partial charge on any atom is 0.223 e. The first kappa shape index (κ1) is 16.6. The van der Waals surface area contributed by atoms with Crippen molar-refractivity contribution in [2.45, 2.75) is 64.3 Å². The smallest absolute Gasteiger partial charge is 0.223 e. The van der Waals surface area contributed by atoms with Gasteiger partial charge in [0.15, 0.2) is 0 Å². The van der Waals surface area contributed by atoms with Crippen molar-refractivity contribution in [2.24, 2.45) is 5.92 Å². The summed E-state index contributed by atoms with van der Waals surface area (Å²) in [4.78, 5) is 19.1. The fraction of sp³-hybridized carbons (Fsp3) is 0.619. The van der Waals surface area contributed by atoms with E-state index in [-0.39, 0.29) is 11.8 Å². The van der Waals surface area contributed by atoms with Gasteiger partial charge in [-0.2, -0.15) is 0 Å². The second-order valence-corrected chi connectivity index (χ2v) is 7.74. The van der Waals surface area contributed by atoms with Crippen LogP contribution in [0.2, 0.25) is 0 Å². The lowest BCUT2D eigenvalue weighted by Gasteiger charge is -2.22. The molecule has 0 N–H and O–H groups in total. The first-order valence-corrected chi connectivity index (χ1v) is 9.99. The minimum Gasteiger partial charge on any atom is -0.342 e. The van der Waals surface area contributed by atoms with Crippen LogP contribution in [0.4, 0.5) is 0 Å². The molecule has 25 heavy (non-hydrogen) atoms. The quantitative estimate of drug-likeness (QED) is 0.812. The summed E-state index contributed by atoms with van der Waals surface area (Å²) in [6.07, 6.45) is 8.81. The van der Waals surface area contributed by atoms with Crippen molar-refractivity contribution in [2.75, 3.05) is 13.1 Å². The summed E-state index contributed by atoms with van der Waals surface area (Å²) in [7, 11) is 0. The number of aryl methyl sites for hydroxylation is 1. The lowest BCUT2D eigenvalue weighted by molar-refractivity contribution is -0.127. The number of fused-ring (bicyclic) bond motifs is 1. The normalized spacial score (nSPS) is 22.2. The van der Waals surface area contributed by atoms with E-state index in [4.69, 9.17) is 4.98 Å². The Labute approximate surface area is 150 Å². The second kappa shape index (κ2) is 7.19. The second-order valence-electron chi connectivity index (χ2n) is 7.74. The van der Waals surface area contributed by atoms with Gasteiger partial charge in [0.2, 0.25) is 5.91 Å². The van der Waals surface area contributed by atoms with Gasteiger partial charge in [-0.15, -0.1) is 0 Å². The number of rotatable bonds is 5. The summed E-state index contributed by atoms with van der Waals surface area (Å²) in [5.41, 5.74) is 2.30. The van der Waals surface area contributed by atoms with E-state index in [0.717, 1.165) is 36.9 Å². The van der Waals surface area contributed by atoms with E-state index in [0.29, 0.717) is 6.42 Å². The molecule has 0 spiro atoms. The monoisotopic (exact) mass is 339 g/mol. The van der Waals surface area contributed by atoms with Gasteiger partial charge < -0.3 is 9.47 Å². The van der Waals surface area contributed by atoms with Crippen LogP contribution in [0.3, 0.4) is 0 Å². The summed E-state index contributed by atoms with van der Waals surface area (Å²) in [6, 6.07) is 8.44. The fourth-order valence-electron chi connectivity index (χ4n) is 4.68. The number of imidazole rings is 1. The molecular weight excluding hydrogens is 310 g/mol. The van der Waals surface area contributed by atoms with Gasteiger partial charge in [0, 0.05) is 32.0 Å². The number of carbonyl (C=O) groups is 1. The van der Waals surface area contributed by atoms with Crippen molar-refractivity contribution in [1.29, 1.82) is 0 Å². The number of carbonyl (C=O) groups excluding carboxylic acids is 1. The number of nitrogens with zero attached hydrogens (tertiary/aromatic N) is 3. The third-order valence-corrected chi connectivity index (χ3v) is 6.13. The molecule has 1 aliphatic carbocycles. The van der Waals surface area contributed by atoms with Gasteiger partial charge in [0.1, 0.15) is 5.82 Å². The number of likely N-dealkylation sites (N-methyl/N-ethyl adjacent to an activating group) is 1. The van der Waals surface area contributed by atoms with E-state index in [1.807, 2.05) is 4.90 Å². The summed E-state index contributed by atoms with van der Waals surface area (Å²) in [5, 5.41) is 0. The van der Waals surface area contributed by atoms with E-state index in [2.05, 4.69) is 35.8 Å². The predicted octanol–water partition coefficient (Wildman–Crippen LogP) is 4.34. The molecule has 0 radical (unpaired) electrons. The maximum atomic E-state index is 12.2. The molecule has 2 heterocycles. The summed E-state index contributed by atoms with van der Waals surface area (Å²) in [5.74, 6) is 2.51. The average molecular weight is 339 g/mol. The average Bonchev–Trinajstić information content (AvgIpc) is 3.21. The topological polar surface area (TPSA) is 38.1 Å². The molecule has 1 saturated heterocycles. The van der Waals surface area contributed by atoms with E-state index in [9.17, 15) is 4.79 Å². The highest BCUT2D eigenvalue weighted by molar-refractivity contribution is 5.80. The summed E-state index contributed by atoms with van der Waals surface area (Å²) < 4.78 is 2.42. The van der Waals surface area contributed by atoms with Crippen LogP contribution in [0.15, 0.2) is 24.3 Å². The zero-order chi connectivity index (χ0) is 17.2. The molecule has 0 unspecified atom stereocenters. The van der Waals surface area contributed by atoms with Gasteiger partial charge in [-0.1, -0.05) is 44.2 Å². The van der Waals surface area contributed by atoms with Gasteiger partial charge in [-0.3, -0.25) is 4.79 Å². The van der Waals surface area contributed by atoms with E-state index >= 15 is 0 Å². The third kappa shape index (κ3) is 3.31. The van der Waals surface area contributed by atoms with E-state index < -0.39 is 0 Å². The van der Waals surface area contributed by atoms with Crippen LogP contribution >= 0.6 is 0 Å². The van der Waals surface area contributed by atoms with Crippen molar-refractivity contribution < 1.29 is 4.79 Å². The Morgan fingerprint density at radius 2 is 1.96 bits per heavy atom. The van der Waals surface area contributed by atoms with Crippen LogP contribution in [0.25, 0.3) is 11.0 Å². The molecule has 1 aromatic heterocycles. The minimum absolute atomic E-state index is 0.242. The molecule has 1 saturated carbocycles. The molecule has 4 rings (SSSR count). The molecule has 134 valence electrons. The molecule has 4 nitrogen and oxygen atoms in total. The van der Waals surface area contributed by atoms with Crippen LogP contribution in [0, 0.1) is 5.92 Å². The number of benzene rings is 1. The van der Waals surface area contributed by atoms with E-state index in [1.165, 1.54) is 44.0 Å². The van der Waals surface area contributed by atoms with Crippen molar-refractivity contribution in [3.63, 3.8) is 0 Å². The number of likely N-dealkylation sites (tertiary alicyclic amines) is 1. The Kier molecular flexibility index (Phi) is 4.78. The largest absolute Gasteiger partial charge is 0.342 e.